The van der Waals surface area contributed by atoms with Crippen LogP contribution in [0.15, 0.2) is 41.5 Å². The molecule has 2 aliphatic rings. The summed E-state index contributed by atoms with van der Waals surface area (Å²) in [6, 6.07) is 7.57. The number of aromatic nitrogens is 1. The van der Waals surface area contributed by atoms with Crippen LogP contribution in [0.4, 0.5) is 10.1 Å². The molecule has 0 aliphatic carbocycles. The van der Waals surface area contributed by atoms with Gasteiger partial charge in [0.2, 0.25) is 0 Å². The highest BCUT2D eigenvalue weighted by molar-refractivity contribution is 8.13. The molecule has 2 aliphatic heterocycles. The zero-order valence-electron chi connectivity index (χ0n) is 15.7. The molecule has 1 saturated heterocycles. The molecule has 4 rings (SSSR count). The third-order valence-corrected chi connectivity index (χ3v) is 6.51. The van der Waals surface area contributed by atoms with E-state index in [2.05, 4.69) is 22.2 Å². The van der Waals surface area contributed by atoms with Gasteiger partial charge in [0.15, 0.2) is 5.17 Å². The number of pyridine rings is 1. The van der Waals surface area contributed by atoms with Gasteiger partial charge in [-0.2, -0.15) is 0 Å². The number of nitrogens with two attached hydrogens (primary N) is 1. The molecule has 3 heterocycles. The van der Waals surface area contributed by atoms with Gasteiger partial charge < -0.3 is 15.8 Å². The Morgan fingerprint density at radius 2 is 2.24 bits per heavy atom. The fourth-order valence-electron chi connectivity index (χ4n) is 3.89. The normalized spacial score (nSPS) is 26.4. The first-order valence-electron chi connectivity index (χ1n) is 9.18. The lowest BCUT2D eigenvalue weighted by Gasteiger charge is -2.47. The van der Waals surface area contributed by atoms with E-state index >= 15 is 0 Å². The summed E-state index contributed by atoms with van der Waals surface area (Å²) in [7, 11) is 0. The van der Waals surface area contributed by atoms with Crippen LogP contribution >= 0.6 is 23.4 Å². The minimum atomic E-state index is -0.906. The van der Waals surface area contributed by atoms with Crippen molar-refractivity contribution in [3.05, 3.63) is 58.6 Å². The number of hydrogen-bond acceptors (Lipinski definition) is 6. The van der Waals surface area contributed by atoms with Crippen LogP contribution in [0.5, 0.6) is 0 Å². The highest BCUT2D eigenvalue weighted by Crippen LogP contribution is 2.47. The summed E-state index contributed by atoms with van der Waals surface area (Å²) in [5.41, 5.74) is 6.14. The van der Waals surface area contributed by atoms with E-state index in [1.54, 1.807) is 12.1 Å². The minimum absolute atomic E-state index is 0.0759. The minimum Gasteiger partial charge on any atom is -0.379 e. The predicted octanol–water partition coefficient (Wildman–Crippen LogP) is 3.67. The molecule has 1 fully saturated rings. The molecule has 0 unspecified atom stereocenters. The van der Waals surface area contributed by atoms with Gasteiger partial charge in [-0.25, -0.2) is 14.4 Å². The molecule has 1 aromatic heterocycles. The van der Waals surface area contributed by atoms with Crippen LogP contribution in [0.25, 0.3) is 0 Å². The molecule has 6 nitrogen and oxygen atoms in total. The molecule has 1 aromatic carbocycles. The molecule has 0 spiro atoms. The van der Waals surface area contributed by atoms with E-state index < -0.39 is 17.3 Å². The quantitative estimate of drug-likeness (QED) is 0.769. The number of benzene rings is 1. The Hall–Kier alpha value is -2.16. The van der Waals surface area contributed by atoms with Crippen LogP contribution in [0.3, 0.4) is 0 Å². The third-order valence-electron chi connectivity index (χ3n) is 5.37. The molecule has 29 heavy (non-hydrogen) atoms. The van der Waals surface area contributed by atoms with Crippen molar-refractivity contribution in [2.24, 2.45) is 22.6 Å². The van der Waals surface area contributed by atoms with Crippen molar-refractivity contribution in [3.63, 3.8) is 0 Å². The number of nitrogens with zero attached hydrogens (tertiary/aromatic N) is 2. The molecule has 0 saturated carbocycles. The Labute approximate surface area is 177 Å². The number of carbonyl (C=O) groups is 1. The van der Waals surface area contributed by atoms with Crippen LogP contribution in [0.1, 0.15) is 23.0 Å². The van der Waals surface area contributed by atoms with E-state index in [0.717, 1.165) is 5.75 Å². The number of anilines is 1. The molecule has 0 radical (unpaired) electrons. The zero-order chi connectivity index (χ0) is 20.6. The number of aliphatic imine (C=N–C) groups is 1. The first kappa shape index (κ1) is 20.1. The largest absolute Gasteiger partial charge is 0.379 e. The number of halogens is 2. The average Bonchev–Trinajstić information content (AvgIpc) is 2.69. The Morgan fingerprint density at radius 1 is 1.41 bits per heavy atom. The molecular weight excluding hydrogens is 415 g/mol. The van der Waals surface area contributed by atoms with E-state index in [1.807, 2.05) is 0 Å². The lowest BCUT2D eigenvalue weighted by atomic mass is 9.72. The molecule has 3 N–H and O–H groups in total. The maximum Gasteiger partial charge on any atom is 0.274 e. The second-order valence-corrected chi connectivity index (χ2v) is 8.77. The van der Waals surface area contributed by atoms with Crippen molar-refractivity contribution in [1.82, 2.24) is 4.98 Å². The second-order valence-electron chi connectivity index (χ2n) is 7.29. The maximum absolute atomic E-state index is 15.0. The average molecular weight is 435 g/mol. The van der Waals surface area contributed by atoms with Crippen molar-refractivity contribution in [3.8, 4) is 0 Å². The van der Waals surface area contributed by atoms with Gasteiger partial charge in [-0.1, -0.05) is 30.3 Å². The van der Waals surface area contributed by atoms with E-state index in [4.69, 9.17) is 22.1 Å². The number of rotatable bonds is 3. The van der Waals surface area contributed by atoms with Crippen molar-refractivity contribution < 1.29 is 13.9 Å². The van der Waals surface area contributed by atoms with Gasteiger partial charge in [0.1, 0.15) is 17.1 Å². The zero-order valence-corrected chi connectivity index (χ0v) is 17.3. The number of ether oxygens (including phenoxy) is 1. The van der Waals surface area contributed by atoms with Gasteiger partial charge in [0.05, 0.1) is 11.6 Å². The SMILES string of the molecule is C[C@@H]1COC[C@]2(c3cc(NC(=O)c4ccc(Cl)cn4)ccc3F)N=C(N)SC[C@@H]12. The number of amides is 1. The molecule has 3 atom stereocenters. The fraction of sp³-hybridized carbons (Fsp3) is 0.350. The lowest BCUT2D eigenvalue weighted by molar-refractivity contribution is -0.0339. The number of thioether (sulfide) groups is 1. The number of amidine groups is 1. The highest BCUT2D eigenvalue weighted by atomic mass is 35.5. The van der Waals surface area contributed by atoms with Gasteiger partial charge in [-0.05, 0) is 36.2 Å². The van der Waals surface area contributed by atoms with Gasteiger partial charge in [0, 0.05) is 35.7 Å². The first-order chi connectivity index (χ1) is 13.9. The van der Waals surface area contributed by atoms with Crippen LogP contribution < -0.4 is 11.1 Å². The summed E-state index contributed by atoms with van der Waals surface area (Å²) >= 11 is 7.30. The molecule has 152 valence electrons. The van der Waals surface area contributed by atoms with Crippen molar-refractivity contribution in [2.75, 3.05) is 24.3 Å². The van der Waals surface area contributed by atoms with Gasteiger partial charge in [-0.3, -0.25) is 4.79 Å². The summed E-state index contributed by atoms with van der Waals surface area (Å²) in [5.74, 6) is 0.198. The van der Waals surface area contributed by atoms with Crippen molar-refractivity contribution in [1.29, 1.82) is 0 Å². The Balaban J connectivity index is 1.70. The number of hydrogen-bond donors (Lipinski definition) is 2. The van der Waals surface area contributed by atoms with E-state index in [0.29, 0.717) is 28.0 Å². The third kappa shape index (κ3) is 3.84. The summed E-state index contributed by atoms with van der Waals surface area (Å²) in [6.45, 7) is 2.92. The van der Waals surface area contributed by atoms with Gasteiger partial charge >= 0.3 is 0 Å². The maximum atomic E-state index is 15.0. The van der Waals surface area contributed by atoms with Crippen LogP contribution in [0, 0.1) is 17.7 Å². The Kier molecular flexibility index (Phi) is 5.50. The number of nitrogens with one attached hydrogen (secondary N) is 1. The monoisotopic (exact) mass is 434 g/mol. The Bertz CT molecular complexity index is 971. The number of fused-ring (bicyclic) bond motifs is 1. The van der Waals surface area contributed by atoms with Crippen LogP contribution in [-0.4, -0.2) is 35.0 Å². The van der Waals surface area contributed by atoms with E-state index in [1.165, 1.54) is 36.2 Å². The summed E-state index contributed by atoms with van der Waals surface area (Å²) in [4.78, 5) is 21.2. The summed E-state index contributed by atoms with van der Waals surface area (Å²) < 4.78 is 20.7. The van der Waals surface area contributed by atoms with Gasteiger partial charge in [0.25, 0.3) is 5.91 Å². The molecular formula is C20H20ClFN4O2S. The number of carbonyl (C=O) groups excluding carboxylic acids is 1. The van der Waals surface area contributed by atoms with Gasteiger partial charge in [-0.15, -0.1) is 0 Å². The smallest absolute Gasteiger partial charge is 0.274 e. The second kappa shape index (κ2) is 7.93. The molecule has 2 aromatic rings. The first-order valence-corrected chi connectivity index (χ1v) is 10.5. The van der Waals surface area contributed by atoms with Crippen LogP contribution in [0.2, 0.25) is 5.02 Å². The predicted molar refractivity (Wildman–Crippen MR) is 113 cm³/mol. The topological polar surface area (TPSA) is 89.6 Å². The lowest BCUT2D eigenvalue weighted by Crippen LogP contribution is -2.51. The molecule has 1 amide bonds. The van der Waals surface area contributed by atoms with Crippen LogP contribution in [-0.2, 0) is 10.3 Å². The van der Waals surface area contributed by atoms with Crippen molar-refractivity contribution >= 4 is 40.1 Å². The summed E-state index contributed by atoms with van der Waals surface area (Å²) in [5, 5.41) is 3.61. The van der Waals surface area contributed by atoms with E-state index in [9.17, 15) is 9.18 Å². The van der Waals surface area contributed by atoms with E-state index in [-0.39, 0.29) is 24.1 Å². The standard InChI is InChI=1S/C20H20ClFN4O2S/c1-11-8-28-10-20(15(11)9-29-19(23)26-20)14-6-13(3-4-16(14)22)25-18(27)17-5-2-12(21)7-24-17/h2-7,11,15H,8-10H2,1H3,(H2,23,26)(H,25,27)/t11-,15+,20-/m1/s1. The molecule has 9 heteroatoms. The highest BCUT2D eigenvalue weighted by Gasteiger charge is 2.50. The summed E-state index contributed by atoms with van der Waals surface area (Å²) in [6.07, 6.45) is 1.40. The van der Waals surface area contributed by atoms with Crippen molar-refractivity contribution in [2.45, 2.75) is 12.5 Å². The fourth-order valence-corrected chi connectivity index (χ4v) is 5.19. The molecule has 0 bridgehead atoms. The Morgan fingerprint density at radius 3 is 3.00 bits per heavy atom.